The Balaban J connectivity index is 1.57. The number of carbonyl (C=O) groups excluding carboxylic acids is 2. The van der Waals surface area contributed by atoms with Gasteiger partial charge in [0, 0.05) is 23.5 Å². The second-order valence-electron chi connectivity index (χ2n) is 6.01. The molecule has 0 aliphatic carbocycles. The van der Waals surface area contributed by atoms with Gasteiger partial charge in [-0.05, 0) is 17.2 Å². The summed E-state index contributed by atoms with van der Waals surface area (Å²) >= 11 is 0. The molecule has 2 amide bonds. The molecule has 2 N–H and O–H groups in total. The maximum atomic E-state index is 12.5. The lowest BCUT2D eigenvalue weighted by atomic mass is 10.0. The normalized spacial score (nSPS) is 13.4. The number of fused-ring (bicyclic) bond motifs is 1. The molecule has 132 valence electrons. The number of nitriles is 1. The van der Waals surface area contributed by atoms with Crippen LogP contribution in [-0.2, 0) is 11.2 Å². The minimum Gasteiger partial charge on any atom is -0.316 e. The minimum atomic E-state index is -0.779. The quantitative estimate of drug-likeness (QED) is 0.746. The van der Waals surface area contributed by atoms with Gasteiger partial charge in [-0.15, -0.1) is 0 Å². The van der Waals surface area contributed by atoms with E-state index in [2.05, 4.69) is 26.8 Å². The van der Waals surface area contributed by atoms with Crippen LogP contribution < -0.4 is 10.6 Å². The van der Waals surface area contributed by atoms with Crippen molar-refractivity contribution >= 4 is 17.8 Å². The van der Waals surface area contributed by atoms with Crippen molar-refractivity contribution in [3.05, 3.63) is 66.1 Å². The number of aromatic nitrogens is 3. The molecule has 1 atom stereocenters. The number of carbonyl (C=O) groups is 2. The predicted molar refractivity (Wildman–Crippen MR) is 96.5 cm³/mol. The first-order chi connectivity index (χ1) is 13.2. The Labute approximate surface area is 154 Å². The Kier molecular flexibility index (Phi) is 4.10. The van der Waals surface area contributed by atoms with Crippen molar-refractivity contribution < 1.29 is 9.59 Å². The molecule has 1 aliphatic heterocycles. The topological polar surface area (TPSA) is 113 Å². The Hall–Kier alpha value is -3.99. The van der Waals surface area contributed by atoms with Gasteiger partial charge in [-0.1, -0.05) is 30.3 Å². The van der Waals surface area contributed by atoms with E-state index < -0.39 is 12.1 Å². The van der Waals surface area contributed by atoms with Crippen LogP contribution in [0, 0.1) is 11.3 Å². The highest BCUT2D eigenvalue weighted by Crippen LogP contribution is 2.31. The van der Waals surface area contributed by atoms with Gasteiger partial charge in [-0.3, -0.25) is 4.79 Å². The number of hydrogen-bond acceptors (Lipinski definition) is 5. The van der Waals surface area contributed by atoms with E-state index in [4.69, 9.17) is 0 Å². The van der Waals surface area contributed by atoms with Gasteiger partial charge in [0.25, 0.3) is 0 Å². The van der Waals surface area contributed by atoms with E-state index in [1.807, 2.05) is 6.07 Å². The highest BCUT2D eigenvalue weighted by Gasteiger charge is 2.23. The number of pyridine rings is 1. The molecule has 27 heavy (non-hydrogen) atoms. The highest BCUT2D eigenvalue weighted by atomic mass is 16.2. The first kappa shape index (κ1) is 16.5. The summed E-state index contributed by atoms with van der Waals surface area (Å²) in [6.45, 7) is 0. The average Bonchev–Trinajstić information content (AvgIpc) is 3.32. The monoisotopic (exact) mass is 358 g/mol. The molecule has 0 saturated heterocycles. The van der Waals surface area contributed by atoms with Crippen LogP contribution in [0.4, 0.5) is 10.6 Å². The lowest BCUT2D eigenvalue weighted by Crippen LogP contribution is -2.32. The molecule has 0 spiro atoms. The summed E-state index contributed by atoms with van der Waals surface area (Å²) in [5, 5.41) is 18.8. The molecule has 3 aromatic rings. The molecule has 1 unspecified atom stereocenters. The molecule has 0 bridgehead atoms. The molecule has 4 rings (SSSR count). The second kappa shape index (κ2) is 6.72. The minimum absolute atomic E-state index is 0.116. The smallest absolute Gasteiger partial charge is 0.316 e. The van der Waals surface area contributed by atoms with Gasteiger partial charge in [0.05, 0.1) is 18.7 Å². The Morgan fingerprint density at radius 1 is 1.30 bits per heavy atom. The highest BCUT2D eigenvalue weighted by molar-refractivity contribution is 6.00. The van der Waals surface area contributed by atoms with E-state index in [1.54, 1.807) is 48.9 Å². The SMILES string of the molecule is N#CC(NC(=O)n1cc(-c2ccnc3c2CC(=O)N3)cn1)c1ccccc1. The molecule has 1 aliphatic rings. The van der Waals surface area contributed by atoms with Crippen molar-refractivity contribution in [3.8, 4) is 17.2 Å². The Bertz CT molecular complexity index is 1070. The summed E-state index contributed by atoms with van der Waals surface area (Å²) < 4.78 is 1.14. The van der Waals surface area contributed by atoms with E-state index in [0.29, 0.717) is 16.9 Å². The maximum Gasteiger partial charge on any atom is 0.343 e. The van der Waals surface area contributed by atoms with E-state index in [1.165, 1.54) is 0 Å². The van der Waals surface area contributed by atoms with Crippen molar-refractivity contribution in [1.82, 2.24) is 20.1 Å². The fraction of sp³-hybridized carbons (Fsp3) is 0.105. The summed E-state index contributed by atoms with van der Waals surface area (Å²) in [4.78, 5) is 28.2. The molecular formula is C19H14N6O2. The van der Waals surface area contributed by atoms with Gasteiger partial charge in [0.1, 0.15) is 11.9 Å². The third-order valence-corrected chi connectivity index (χ3v) is 4.28. The molecule has 1 aromatic carbocycles. The predicted octanol–water partition coefficient (Wildman–Crippen LogP) is 2.26. The maximum absolute atomic E-state index is 12.5. The number of nitrogens with one attached hydrogen (secondary N) is 2. The number of nitrogens with zero attached hydrogens (tertiary/aromatic N) is 4. The lowest BCUT2D eigenvalue weighted by Gasteiger charge is -2.11. The first-order valence-corrected chi connectivity index (χ1v) is 8.24. The lowest BCUT2D eigenvalue weighted by molar-refractivity contribution is -0.115. The van der Waals surface area contributed by atoms with Crippen molar-refractivity contribution in [2.75, 3.05) is 5.32 Å². The van der Waals surface area contributed by atoms with Crippen LogP contribution in [0.1, 0.15) is 17.2 Å². The molecule has 0 fully saturated rings. The number of anilines is 1. The second-order valence-corrected chi connectivity index (χ2v) is 6.01. The molecular weight excluding hydrogens is 344 g/mol. The van der Waals surface area contributed by atoms with E-state index >= 15 is 0 Å². The van der Waals surface area contributed by atoms with Gasteiger partial charge in [-0.2, -0.15) is 15.0 Å². The standard InChI is InChI=1S/C19H14N6O2/c20-9-16(12-4-2-1-3-5-12)23-19(27)25-11-13(10-22-25)14-6-7-21-18-15(14)8-17(26)24-18/h1-7,10-11,16H,8H2,(H,23,27)(H,21,24,26). The van der Waals surface area contributed by atoms with E-state index in [0.717, 1.165) is 15.8 Å². The third kappa shape index (κ3) is 3.14. The van der Waals surface area contributed by atoms with Crippen LogP contribution in [0.5, 0.6) is 0 Å². The Morgan fingerprint density at radius 3 is 2.89 bits per heavy atom. The van der Waals surface area contributed by atoms with Crippen LogP contribution in [0.3, 0.4) is 0 Å². The molecule has 0 saturated carbocycles. The summed E-state index contributed by atoms with van der Waals surface area (Å²) in [6.07, 6.45) is 4.94. The zero-order valence-electron chi connectivity index (χ0n) is 14.1. The molecule has 2 aromatic heterocycles. The van der Waals surface area contributed by atoms with E-state index in [-0.39, 0.29) is 12.3 Å². The van der Waals surface area contributed by atoms with Gasteiger partial charge < -0.3 is 10.6 Å². The van der Waals surface area contributed by atoms with Crippen LogP contribution >= 0.6 is 0 Å². The summed E-state index contributed by atoms with van der Waals surface area (Å²) in [5.74, 6) is 0.415. The number of benzene rings is 1. The number of hydrogen-bond donors (Lipinski definition) is 2. The fourth-order valence-electron chi connectivity index (χ4n) is 2.98. The van der Waals surface area contributed by atoms with Crippen molar-refractivity contribution in [2.45, 2.75) is 12.5 Å². The summed E-state index contributed by atoms with van der Waals surface area (Å²) in [7, 11) is 0. The zero-order chi connectivity index (χ0) is 18.8. The van der Waals surface area contributed by atoms with Gasteiger partial charge in [-0.25, -0.2) is 9.78 Å². The largest absolute Gasteiger partial charge is 0.343 e. The average molecular weight is 358 g/mol. The number of amides is 2. The molecule has 8 nitrogen and oxygen atoms in total. The summed E-state index contributed by atoms with van der Waals surface area (Å²) in [5.41, 5.74) is 2.95. The third-order valence-electron chi connectivity index (χ3n) is 4.28. The van der Waals surface area contributed by atoms with E-state index in [9.17, 15) is 14.9 Å². The van der Waals surface area contributed by atoms with Crippen molar-refractivity contribution in [2.24, 2.45) is 0 Å². The molecule has 3 heterocycles. The van der Waals surface area contributed by atoms with Crippen LogP contribution in [-0.4, -0.2) is 26.7 Å². The number of rotatable bonds is 3. The van der Waals surface area contributed by atoms with Crippen LogP contribution in [0.2, 0.25) is 0 Å². The van der Waals surface area contributed by atoms with Crippen LogP contribution in [0.25, 0.3) is 11.1 Å². The fourth-order valence-corrected chi connectivity index (χ4v) is 2.98. The van der Waals surface area contributed by atoms with Gasteiger partial charge >= 0.3 is 6.03 Å². The zero-order valence-corrected chi connectivity index (χ0v) is 14.1. The van der Waals surface area contributed by atoms with Gasteiger partial charge in [0.15, 0.2) is 0 Å². The van der Waals surface area contributed by atoms with Gasteiger partial charge in [0.2, 0.25) is 5.91 Å². The van der Waals surface area contributed by atoms with Crippen LogP contribution in [0.15, 0.2) is 55.0 Å². The van der Waals surface area contributed by atoms with Crippen molar-refractivity contribution in [1.29, 1.82) is 5.26 Å². The molecule has 0 radical (unpaired) electrons. The summed E-state index contributed by atoms with van der Waals surface area (Å²) in [6, 6.07) is 11.5. The first-order valence-electron chi connectivity index (χ1n) is 8.24. The Morgan fingerprint density at radius 2 is 2.11 bits per heavy atom. The van der Waals surface area contributed by atoms with Crippen molar-refractivity contribution in [3.63, 3.8) is 0 Å². The molecule has 8 heteroatoms.